The molecule has 0 saturated carbocycles. The predicted octanol–water partition coefficient (Wildman–Crippen LogP) is 2.55. The summed E-state index contributed by atoms with van der Waals surface area (Å²) in [5, 5.41) is 9.22. The van der Waals surface area contributed by atoms with Gasteiger partial charge in [0.05, 0.1) is 16.2 Å². The van der Waals surface area contributed by atoms with Crippen LogP contribution in [0.25, 0.3) is 0 Å². The molecule has 0 radical (unpaired) electrons. The van der Waals surface area contributed by atoms with Gasteiger partial charge in [-0.05, 0) is 25.7 Å². The average Bonchev–Trinajstić information content (AvgIpc) is 2.55. The molecule has 0 rings (SSSR count). The molecule has 0 fully saturated rings. The van der Waals surface area contributed by atoms with Gasteiger partial charge in [-0.2, -0.15) is 0 Å². The summed E-state index contributed by atoms with van der Waals surface area (Å²) in [4.78, 5) is 0. The van der Waals surface area contributed by atoms with Crippen molar-refractivity contribution >= 4 is 10.1 Å². The van der Waals surface area contributed by atoms with Crippen molar-refractivity contribution in [2.75, 3.05) is 0 Å². The Hall–Kier alpha value is 0.870. The second-order valence-corrected chi connectivity index (χ2v) is 9.11. The van der Waals surface area contributed by atoms with Gasteiger partial charge in [0.25, 0.3) is 0 Å². The van der Waals surface area contributed by atoms with Crippen LogP contribution >= 0.6 is 0 Å². The van der Waals surface area contributed by atoms with Crippen LogP contribution in [0.2, 0.25) is 0 Å². The van der Waals surface area contributed by atoms with Crippen molar-refractivity contribution in [1.29, 1.82) is 0 Å². The van der Waals surface area contributed by atoms with Crippen LogP contribution in [0.1, 0.15) is 117 Å². The number of unbranched alkanes of at least 4 members (excludes halogenated alkanes) is 10. The molecule has 0 amide bonds. The van der Waals surface area contributed by atoms with Crippen LogP contribution in [0.4, 0.5) is 0 Å². The third-order valence-electron chi connectivity index (χ3n) is 5.00. The molecule has 2 unspecified atom stereocenters. The molecule has 0 heterocycles. The Morgan fingerprint density at radius 2 is 1.12 bits per heavy atom. The van der Waals surface area contributed by atoms with Crippen molar-refractivity contribution in [2.45, 2.75) is 128 Å². The van der Waals surface area contributed by atoms with Gasteiger partial charge in [0.15, 0.2) is 0 Å². The molecule has 0 aromatic heterocycles. The summed E-state index contributed by atoms with van der Waals surface area (Å²) in [7, 11) is -4.25. The van der Waals surface area contributed by atoms with Crippen molar-refractivity contribution in [3.8, 4) is 0 Å². The summed E-state index contributed by atoms with van der Waals surface area (Å²) >= 11 is 0. The van der Waals surface area contributed by atoms with Gasteiger partial charge in [0, 0.05) is 5.25 Å². The molecule has 0 aliphatic carbocycles. The van der Waals surface area contributed by atoms with Crippen LogP contribution < -0.4 is 29.6 Å². The second kappa shape index (κ2) is 19.2. The molecule has 26 heavy (non-hydrogen) atoms. The Kier molecular flexibility index (Phi) is 21.5. The van der Waals surface area contributed by atoms with Crippen molar-refractivity contribution in [3.05, 3.63) is 0 Å². The number of rotatable bonds is 18. The molecular weight excluding hydrogens is 359 g/mol. The first kappa shape index (κ1) is 29.1. The quantitative estimate of drug-likeness (QED) is 0.218. The molecular formula is C20H41NaO4S. The van der Waals surface area contributed by atoms with E-state index in [0.29, 0.717) is 19.3 Å². The summed E-state index contributed by atoms with van der Waals surface area (Å²) in [6.45, 7) is 4.35. The minimum Gasteiger partial charge on any atom is -0.748 e. The largest absolute Gasteiger partial charge is 1.00 e. The zero-order valence-corrected chi connectivity index (χ0v) is 20.4. The van der Waals surface area contributed by atoms with Crippen molar-refractivity contribution < 1.29 is 47.6 Å². The Balaban J connectivity index is 0. The van der Waals surface area contributed by atoms with E-state index in [2.05, 4.69) is 13.8 Å². The number of aliphatic hydroxyl groups is 1. The van der Waals surface area contributed by atoms with E-state index in [0.717, 1.165) is 38.5 Å². The molecule has 6 heteroatoms. The SMILES string of the molecule is CCCCCCCCC(O)CCC(CCCCCCCC)S(=O)(=O)[O-].[Na+]. The Labute approximate surface area is 185 Å². The van der Waals surface area contributed by atoms with Crippen LogP contribution in [0.5, 0.6) is 0 Å². The number of hydrogen-bond acceptors (Lipinski definition) is 4. The first-order valence-electron chi connectivity index (χ1n) is 10.5. The van der Waals surface area contributed by atoms with E-state index in [1.807, 2.05) is 0 Å². The van der Waals surface area contributed by atoms with Gasteiger partial charge >= 0.3 is 29.6 Å². The Bertz CT molecular complexity index is 387. The van der Waals surface area contributed by atoms with Gasteiger partial charge in [-0.15, -0.1) is 0 Å². The molecule has 2 atom stereocenters. The second-order valence-electron chi connectivity index (χ2n) is 7.46. The Morgan fingerprint density at radius 3 is 1.58 bits per heavy atom. The van der Waals surface area contributed by atoms with Gasteiger partial charge in [-0.25, -0.2) is 8.42 Å². The fraction of sp³-hybridized carbons (Fsp3) is 1.00. The average molecular weight is 401 g/mol. The van der Waals surface area contributed by atoms with Gasteiger partial charge in [-0.3, -0.25) is 0 Å². The first-order chi connectivity index (χ1) is 11.9. The van der Waals surface area contributed by atoms with E-state index < -0.39 is 21.5 Å². The first-order valence-corrected chi connectivity index (χ1v) is 12.0. The normalized spacial score (nSPS) is 14.0. The molecule has 1 N–H and O–H groups in total. The van der Waals surface area contributed by atoms with Crippen LogP contribution in [0, 0.1) is 0 Å². The zero-order chi connectivity index (χ0) is 19.0. The Morgan fingerprint density at radius 1 is 0.692 bits per heavy atom. The maximum atomic E-state index is 11.4. The fourth-order valence-electron chi connectivity index (χ4n) is 3.27. The molecule has 152 valence electrons. The molecule has 4 nitrogen and oxygen atoms in total. The predicted molar refractivity (Wildman–Crippen MR) is 105 cm³/mol. The summed E-state index contributed by atoms with van der Waals surface area (Å²) in [5.74, 6) is 0. The molecule has 0 bridgehead atoms. The summed E-state index contributed by atoms with van der Waals surface area (Å²) in [6.07, 6.45) is 15.0. The van der Waals surface area contributed by atoms with E-state index >= 15 is 0 Å². The van der Waals surface area contributed by atoms with Crippen LogP contribution in [0.3, 0.4) is 0 Å². The van der Waals surface area contributed by atoms with Crippen molar-refractivity contribution in [3.63, 3.8) is 0 Å². The summed E-state index contributed by atoms with van der Waals surface area (Å²) in [6, 6.07) is 0. The maximum absolute atomic E-state index is 11.4. The molecule has 0 aliphatic rings. The molecule has 0 aliphatic heterocycles. The van der Waals surface area contributed by atoms with Gasteiger partial charge < -0.3 is 9.66 Å². The van der Waals surface area contributed by atoms with E-state index in [9.17, 15) is 18.1 Å². The molecule has 0 aromatic carbocycles. The molecule has 0 aromatic rings. The number of aliphatic hydroxyl groups excluding tert-OH is 1. The topological polar surface area (TPSA) is 77.4 Å². The van der Waals surface area contributed by atoms with E-state index in [-0.39, 0.29) is 29.6 Å². The third-order valence-corrected chi connectivity index (χ3v) is 6.29. The molecule has 0 saturated heterocycles. The van der Waals surface area contributed by atoms with E-state index in [1.54, 1.807) is 0 Å². The van der Waals surface area contributed by atoms with Gasteiger partial charge in [0.2, 0.25) is 0 Å². The van der Waals surface area contributed by atoms with E-state index in [4.69, 9.17) is 0 Å². The van der Waals surface area contributed by atoms with Gasteiger partial charge in [0.1, 0.15) is 0 Å². The summed E-state index contributed by atoms with van der Waals surface area (Å²) < 4.78 is 34.3. The van der Waals surface area contributed by atoms with Crippen LogP contribution in [0.15, 0.2) is 0 Å². The zero-order valence-electron chi connectivity index (χ0n) is 17.5. The smallest absolute Gasteiger partial charge is 0.748 e. The van der Waals surface area contributed by atoms with Crippen molar-refractivity contribution in [2.24, 2.45) is 0 Å². The monoisotopic (exact) mass is 400 g/mol. The van der Waals surface area contributed by atoms with Crippen LogP contribution in [-0.2, 0) is 10.1 Å². The minimum atomic E-state index is -4.25. The minimum absolute atomic E-state index is 0. The van der Waals surface area contributed by atoms with Crippen molar-refractivity contribution in [1.82, 2.24) is 0 Å². The maximum Gasteiger partial charge on any atom is 1.00 e. The standard InChI is InChI=1S/C20H42O4S.Na/c1-3-5-7-9-11-13-15-19(21)17-18-20(25(22,23)24)16-14-12-10-8-6-4-2;/h19-21H,3-18H2,1-2H3,(H,22,23,24);/q;+1/p-1. The molecule has 0 spiro atoms. The van der Waals surface area contributed by atoms with Crippen LogP contribution in [-0.4, -0.2) is 29.4 Å². The van der Waals surface area contributed by atoms with E-state index in [1.165, 1.54) is 44.9 Å². The fourth-order valence-corrected chi connectivity index (χ4v) is 4.15. The number of hydrogen-bond donors (Lipinski definition) is 1. The third kappa shape index (κ3) is 18.2. The summed E-state index contributed by atoms with van der Waals surface area (Å²) in [5.41, 5.74) is 0. The van der Waals surface area contributed by atoms with Gasteiger partial charge in [-0.1, -0.05) is 90.9 Å².